The molecule has 0 aromatic carbocycles. The predicted octanol–water partition coefficient (Wildman–Crippen LogP) is 3.98. The van der Waals surface area contributed by atoms with Gasteiger partial charge in [-0.3, -0.25) is 0 Å². The molecular weight excluding hydrogens is 200 g/mol. The van der Waals surface area contributed by atoms with E-state index in [0.717, 1.165) is 6.42 Å². The zero-order valence-electron chi connectivity index (χ0n) is 10.6. The van der Waals surface area contributed by atoms with Crippen LogP contribution >= 0.6 is 0 Å². The van der Waals surface area contributed by atoms with E-state index in [1.54, 1.807) is 0 Å². The van der Waals surface area contributed by atoms with Crippen LogP contribution in [-0.2, 0) is 4.43 Å². The average Bonchev–Trinajstić information content (AvgIpc) is 2.11. The van der Waals surface area contributed by atoms with Gasteiger partial charge in [-0.1, -0.05) is 24.8 Å². The van der Waals surface area contributed by atoms with Crippen molar-refractivity contribution in [2.75, 3.05) is 0 Å². The lowest BCUT2D eigenvalue weighted by molar-refractivity contribution is 0.161. The fourth-order valence-corrected chi connectivity index (χ4v) is 4.25. The quantitative estimate of drug-likeness (QED) is 0.275. The number of unbranched alkanes of at least 4 members (excludes halogenated alkanes) is 2. The van der Waals surface area contributed by atoms with Gasteiger partial charge in [-0.2, -0.15) is 0 Å². The Balaban J connectivity index is 3.97. The van der Waals surface area contributed by atoms with Crippen LogP contribution < -0.4 is 0 Å². The lowest BCUT2D eigenvalue weighted by Crippen LogP contribution is -2.39. The molecule has 0 saturated heterocycles. The van der Waals surface area contributed by atoms with Crippen molar-refractivity contribution in [3.8, 4) is 12.3 Å². The molecule has 0 amide bonds. The summed E-state index contributed by atoms with van der Waals surface area (Å²) >= 11 is 0. The van der Waals surface area contributed by atoms with Gasteiger partial charge in [0.15, 0.2) is 8.32 Å². The Labute approximate surface area is 96.0 Å². The summed E-state index contributed by atoms with van der Waals surface area (Å²) in [7, 11) is -1.59. The molecular formula is C13H24OSi. The summed E-state index contributed by atoms with van der Waals surface area (Å²) in [6, 6.07) is 1.17. The van der Waals surface area contributed by atoms with Crippen LogP contribution in [0.25, 0.3) is 0 Å². The Hall–Kier alpha value is -0.523. The van der Waals surface area contributed by atoms with E-state index in [1.165, 1.54) is 18.9 Å². The first-order valence-electron chi connectivity index (χ1n) is 5.62. The van der Waals surface area contributed by atoms with Crippen LogP contribution in [0.4, 0.5) is 0 Å². The third-order valence-corrected chi connectivity index (χ3v) is 4.94. The van der Waals surface area contributed by atoms with Crippen LogP contribution in [0.1, 0.15) is 33.1 Å². The molecule has 2 heteroatoms. The average molecular weight is 224 g/mol. The van der Waals surface area contributed by atoms with Crippen molar-refractivity contribution in [2.45, 2.75) is 57.8 Å². The van der Waals surface area contributed by atoms with Crippen molar-refractivity contribution >= 4 is 8.32 Å². The number of hydrogen-bond acceptors (Lipinski definition) is 1. The fourth-order valence-electron chi connectivity index (χ4n) is 1.61. The summed E-state index contributed by atoms with van der Waals surface area (Å²) in [5.74, 6) is 2.70. The minimum Gasteiger partial charge on any atom is -0.402 e. The van der Waals surface area contributed by atoms with E-state index >= 15 is 0 Å². The molecule has 0 spiro atoms. The van der Waals surface area contributed by atoms with E-state index in [2.05, 4.69) is 25.6 Å². The highest BCUT2D eigenvalue weighted by Gasteiger charge is 2.29. The Kier molecular flexibility index (Phi) is 5.93. The highest BCUT2D eigenvalue weighted by molar-refractivity contribution is 6.71. The molecule has 0 radical (unpaired) electrons. The van der Waals surface area contributed by atoms with Crippen molar-refractivity contribution in [2.24, 2.45) is 0 Å². The molecule has 0 bridgehead atoms. The van der Waals surface area contributed by atoms with E-state index < -0.39 is 13.9 Å². The van der Waals surface area contributed by atoms with Gasteiger partial charge in [0.05, 0.1) is 0 Å². The Morgan fingerprint density at radius 2 is 2.00 bits per heavy atom. The van der Waals surface area contributed by atoms with Gasteiger partial charge in [0.2, 0.25) is 0 Å². The normalized spacial score (nSPS) is 12.2. The van der Waals surface area contributed by atoms with Crippen LogP contribution in [-0.4, -0.2) is 13.9 Å². The molecule has 0 fully saturated rings. The van der Waals surface area contributed by atoms with E-state index in [0.29, 0.717) is 0 Å². The second-order valence-electron chi connectivity index (χ2n) is 5.05. The highest BCUT2D eigenvalue weighted by atomic mass is 28.4. The van der Waals surface area contributed by atoms with E-state index in [9.17, 15) is 0 Å². The molecule has 0 heterocycles. The summed E-state index contributed by atoms with van der Waals surface area (Å²) in [6.45, 7) is 12.1. The third kappa shape index (κ3) is 7.41. The molecule has 1 nitrogen and oxygen atoms in total. The predicted molar refractivity (Wildman–Crippen MR) is 70.3 cm³/mol. The van der Waals surface area contributed by atoms with Gasteiger partial charge < -0.3 is 4.43 Å². The van der Waals surface area contributed by atoms with Gasteiger partial charge in [0, 0.05) is 0 Å². The van der Waals surface area contributed by atoms with Gasteiger partial charge in [-0.15, -0.1) is 13.0 Å². The maximum Gasteiger partial charge on any atom is 0.188 e. The molecule has 0 aliphatic rings. The second-order valence-corrected chi connectivity index (χ2v) is 9.27. The standard InChI is InChI=1S/C13H24OSi/c1-7-9-10-11-12-15(5,6)14-13(3,4)8-2/h2,7H,1,9-12H2,3-6H3. The number of rotatable bonds is 7. The molecule has 86 valence electrons. The highest BCUT2D eigenvalue weighted by Crippen LogP contribution is 2.22. The van der Waals surface area contributed by atoms with Crippen molar-refractivity contribution < 1.29 is 4.43 Å². The second kappa shape index (κ2) is 6.15. The number of terminal acetylenes is 1. The summed E-state index contributed by atoms with van der Waals surface area (Å²) in [5, 5.41) is 0. The van der Waals surface area contributed by atoms with Gasteiger partial charge in [0.1, 0.15) is 5.60 Å². The lowest BCUT2D eigenvalue weighted by atomic mass is 10.2. The zero-order chi connectivity index (χ0) is 11.9. The van der Waals surface area contributed by atoms with Crippen molar-refractivity contribution in [3.63, 3.8) is 0 Å². The molecule has 0 aromatic heterocycles. The monoisotopic (exact) mass is 224 g/mol. The first-order chi connectivity index (χ1) is 6.83. The van der Waals surface area contributed by atoms with E-state index in [1.807, 2.05) is 19.9 Å². The van der Waals surface area contributed by atoms with E-state index in [4.69, 9.17) is 10.8 Å². The first-order valence-corrected chi connectivity index (χ1v) is 8.73. The minimum absolute atomic E-state index is 0.409. The first kappa shape index (κ1) is 14.5. The Morgan fingerprint density at radius 3 is 2.47 bits per heavy atom. The van der Waals surface area contributed by atoms with Crippen LogP contribution in [0.15, 0.2) is 12.7 Å². The zero-order valence-corrected chi connectivity index (χ0v) is 11.6. The molecule has 0 saturated carbocycles. The molecule has 0 atom stereocenters. The van der Waals surface area contributed by atoms with Gasteiger partial charge in [0.25, 0.3) is 0 Å². The molecule has 0 N–H and O–H groups in total. The SMILES string of the molecule is C#CC(C)(C)O[Si](C)(C)CCCCC=C. The molecule has 0 aliphatic heterocycles. The maximum atomic E-state index is 6.03. The molecule has 0 unspecified atom stereocenters. The fraction of sp³-hybridized carbons (Fsp3) is 0.692. The van der Waals surface area contributed by atoms with Crippen molar-refractivity contribution in [3.05, 3.63) is 12.7 Å². The van der Waals surface area contributed by atoms with Crippen molar-refractivity contribution in [1.29, 1.82) is 0 Å². The maximum absolute atomic E-state index is 6.03. The largest absolute Gasteiger partial charge is 0.402 e. The Morgan fingerprint density at radius 1 is 1.40 bits per heavy atom. The van der Waals surface area contributed by atoms with Gasteiger partial charge >= 0.3 is 0 Å². The molecule has 0 rings (SSSR count). The smallest absolute Gasteiger partial charge is 0.188 e. The van der Waals surface area contributed by atoms with Gasteiger partial charge in [-0.05, 0) is 39.4 Å². The van der Waals surface area contributed by atoms with Crippen LogP contribution in [0.2, 0.25) is 19.1 Å². The van der Waals surface area contributed by atoms with Crippen LogP contribution in [0.5, 0.6) is 0 Å². The minimum atomic E-state index is -1.59. The van der Waals surface area contributed by atoms with Crippen LogP contribution in [0.3, 0.4) is 0 Å². The lowest BCUT2D eigenvalue weighted by Gasteiger charge is -2.31. The van der Waals surface area contributed by atoms with Gasteiger partial charge in [-0.25, -0.2) is 0 Å². The summed E-state index contributed by atoms with van der Waals surface area (Å²) in [4.78, 5) is 0. The number of allylic oxidation sites excluding steroid dienone is 1. The van der Waals surface area contributed by atoms with E-state index in [-0.39, 0.29) is 0 Å². The van der Waals surface area contributed by atoms with Crippen LogP contribution in [0, 0.1) is 12.3 Å². The van der Waals surface area contributed by atoms with Crippen molar-refractivity contribution in [1.82, 2.24) is 0 Å². The number of hydrogen-bond donors (Lipinski definition) is 0. The molecule has 0 aromatic rings. The Bertz CT molecular complexity index is 235. The summed E-state index contributed by atoms with van der Waals surface area (Å²) in [5.41, 5.74) is -0.409. The summed E-state index contributed by atoms with van der Waals surface area (Å²) < 4.78 is 6.03. The topological polar surface area (TPSA) is 9.23 Å². The molecule has 15 heavy (non-hydrogen) atoms. The summed E-state index contributed by atoms with van der Waals surface area (Å²) in [6.07, 6.45) is 10.9. The molecule has 0 aliphatic carbocycles. The third-order valence-electron chi connectivity index (χ3n) is 2.32.